The summed E-state index contributed by atoms with van der Waals surface area (Å²) < 4.78 is 39.5. The van der Waals surface area contributed by atoms with E-state index in [0.29, 0.717) is 0 Å². The highest BCUT2D eigenvalue weighted by molar-refractivity contribution is 7.88. The molecule has 2 N–H and O–H groups in total. The van der Waals surface area contributed by atoms with E-state index in [1.54, 1.807) is 20.8 Å². The van der Waals surface area contributed by atoms with Crippen molar-refractivity contribution < 1.29 is 17.9 Å². The fourth-order valence-electron chi connectivity index (χ4n) is 1.42. The van der Waals surface area contributed by atoms with E-state index in [2.05, 4.69) is 4.72 Å². The second-order valence-corrected chi connectivity index (χ2v) is 7.97. The quantitative estimate of drug-likeness (QED) is 0.874. The van der Waals surface area contributed by atoms with Crippen LogP contribution in [0.1, 0.15) is 26.3 Å². The summed E-state index contributed by atoms with van der Waals surface area (Å²) in [6.07, 6.45) is -0.832. The van der Waals surface area contributed by atoms with Crippen LogP contribution in [0.4, 0.5) is 4.39 Å². The lowest BCUT2D eigenvalue weighted by Crippen LogP contribution is -2.39. The van der Waals surface area contributed by atoms with Gasteiger partial charge in [-0.05, 0) is 23.6 Å². The molecule has 1 atom stereocenters. The van der Waals surface area contributed by atoms with Crippen LogP contribution < -0.4 is 4.72 Å². The third kappa shape index (κ3) is 5.36. The molecular weight excluding hydrogens is 305 g/mol. The van der Waals surface area contributed by atoms with Crippen molar-refractivity contribution >= 4 is 21.6 Å². The van der Waals surface area contributed by atoms with Crippen LogP contribution in [0.15, 0.2) is 18.2 Å². The fourth-order valence-corrected chi connectivity index (χ4v) is 2.76. The van der Waals surface area contributed by atoms with E-state index in [9.17, 15) is 17.9 Å². The monoisotopic (exact) mass is 323 g/mol. The van der Waals surface area contributed by atoms with Gasteiger partial charge in [-0.3, -0.25) is 0 Å². The van der Waals surface area contributed by atoms with E-state index in [0.717, 1.165) is 6.07 Å². The predicted molar refractivity (Wildman–Crippen MR) is 77.5 cm³/mol. The van der Waals surface area contributed by atoms with E-state index in [-0.39, 0.29) is 17.1 Å². The number of aliphatic hydroxyl groups excluding tert-OH is 1. The topological polar surface area (TPSA) is 66.4 Å². The summed E-state index contributed by atoms with van der Waals surface area (Å²) in [6.45, 7) is 5.27. The van der Waals surface area contributed by atoms with Crippen LogP contribution in [0.2, 0.25) is 5.02 Å². The van der Waals surface area contributed by atoms with Crippen LogP contribution in [-0.4, -0.2) is 26.2 Å². The van der Waals surface area contributed by atoms with Crippen LogP contribution in [0.25, 0.3) is 0 Å². The molecule has 7 heteroatoms. The minimum atomic E-state index is -3.74. The summed E-state index contributed by atoms with van der Waals surface area (Å²) in [5.41, 5.74) is -0.445. The van der Waals surface area contributed by atoms with Crippen molar-refractivity contribution in [3.63, 3.8) is 0 Å². The molecule has 0 aliphatic carbocycles. The van der Waals surface area contributed by atoms with Gasteiger partial charge in [-0.1, -0.05) is 32.4 Å². The van der Waals surface area contributed by atoms with Crippen LogP contribution in [0.5, 0.6) is 0 Å². The Labute approximate surface area is 124 Å². The van der Waals surface area contributed by atoms with Crippen molar-refractivity contribution in [2.75, 3.05) is 6.54 Å². The van der Waals surface area contributed by atoms with Gasteiger partial charge in [0.15, 0.2) is 0 Å². The number of aliphatic hydroxyl groups is 1. The summed E-state index contributed by atoms with van der Waals surface area (Å²) >= 11 is 5.71. The molecule has 0 saturated carbocycles. The summed E-state index contributed by atoms with van der Waals surface area (Å²) in [5.74, 6) is -1.15. The molecule has 0 aliphatic rings. The first-order valence-corrected chi connectivity index (χ1v) is 8.13. The summed E-state index contributed by atoms with van der Waals surface area (Å²) in [7, 11) is -3.74. The highest BCUT2D eigenvalue weighted by Gasteiger charge is 2.24. The van der Waals surface area contributed by atoms with Crippen molar-refractivity contribution in [3.05, 3.63) is 34.6 Å². The Balaban J connectivity index is 2.73. The molecular formula is C13H19ClFNO3S. The zero-order valence-electron chi connectivity index (χ0n) is 11.7. The maximum atomic E-state index is 13.5. The largest absolute Gasteiger partial charge is 0.391 e. The Bertz CT molecular complexity index is 569. The van der Waals surface area contributed by atoms with Gasteiger partial charge in [0.25, 0.3) is 0 Å². The SMILES string of the molecule is CC(C)(C)C(O)CNS(=O)(=O)Cc1cc(Cl)ccc1F. The lowest BCUT2D eigenvalue weighted by Gasteiger charge is -2.25. The Hall–Kier alpha value is -0.690. The minimum absolute atomic E-state index is 0.00440. The van der Waals surface area contributed by atoms with Gasteiger partial charge in [-0.2, -0.15) is 0 Å². The van der Waals surface area contributed by atoms with Crippen LogP contribution in [-0.2, 0) is 15.8 Å². The number of halogens is 2. The van der Waals surface area contributed by atoms with Crippen LogP contribution >= 0.6 is 11.6 Å². The molecule has 20 heavy (non-hydrogen) atoms. The first-order chi connectivity index (χ1) is 9.01. The molecule has 1 rings (SSSR count). The maximum Gasteiger partial charge on any atom is 0.215 e. The first kappa shape index (κ1) is 17.4. The number of sulfonamides is 1. The van der Waals surface area contributed by atoms with Crippen LogP contribution in [0.3, 0.4) is 0 Å². The molecule has 1 aromatic rings. The molecule has 4 nitrogen and oxygen atoms in total. The van der Waals surface area contributed by atoms with Gasteiger partial charge >= 0.3 is 0 Å². The van der Waals surface area contributed by atoms with Gasteiger partial charge in [0, 0.05) is 17.1 Å². The molecule has 0 heterocycles. The molecule has 0 saturated heterocycles. The summed E-state index contributed by atoms with van der Waals surface area (Å²) in [4.78, 5) is 0. The van der Waals surface area contributed by atoms with Crippen molar-refractivity contribution in [3.8, 4) is 0 Å². The molecule has 0 aromatic heterocycles. The Morgan fingerprint density at radius 3 is 2.55 bits per heavy atom. The molecule has 1 aromatic carbocycles. The smallest absolute Gasteiger partial charge is 0.215 e. The number of hydrogen-bond donors (Lipinski definition) is 2. The second kappa shape index (κ2) is 6.39. The zero-order chi connectivity index (χ0) is 15.6. The molecule has 114 valence electrons. The minimum Gasteiger partial charge on any atom is -0.391 e. The highest BCUT2D eigenvalue weighted by Crippen LogP contribution is 2.19. The Kier molecular flexibility index (Phi) is 5.54. The van der Waals surface area contributed by atoms with Crippen molar-refractivity contribution in [2.45, 2.75) is 32.6 Å². The molecule has 0 spiro atoms. The van der Waals surface area contributed by atoms with Gasteiger partial charge in [0.1, 0.15) is 5.82 Å². The number of rotatable bonds is 5. The van der Waals surface area contributed by atoms with Gasteiger partial charge in [-0.15, -0.1) is 0 Å². The summed E-state index contributed by atoms with van der Waals surface area (Å²) in [5, 5.41) is 10.1. The fraction of sp³-hybridized carbons (Fsp3) is 0.538. The van der Waals surface area contributed by atoms with Crippen molar-refractivity contribution in [1.82, 2.24) is 4.72 Å². The van der Waals surface area contributed by atoms with Crippen molar-refractivity contribution in [1.29, 1.82) is 0 Å². The lowest BCUT2D eigenvalue weighted by molar-refractivity contribution is 0.0677. The normalized spacial score (nSPS) is 14.3. The standard InChI is InChI=1S/C13H19ClFNO3S/c1-13(2,3)12(17)7-16-20(18,19)8-9-6-10(14)4-5-11(9)15/h4-6,12,16-17H,7-8H2,1-3H3. The molecule has 0 amide bonds. The number of nitrogens with one attached hydrogen (secondary N) is 1. The second-order valence-electron chi connectivity index (χ2n) is 5.73. The average Bonchev–Trinajstić information content (AvgIpc) is 2.29. The lowest BCUT2D eigenvalue weighted by atomic mass is 9.89. The van der Waals surface area contributed by atoms with Gasteiger partial charge in [0.05, 0.1) is 11.9 Å². The molecule has 0 bridgehead atoms. The molecule has 0 fully saturated rings. The first-order valence-electron chi connectivity index (χ1n) is 6.10. The van der Waals surface area contributed by atoms with E-state index >= 15 is 0 Å². The van der Waals surface area contributed by atoms with Crippen LogP contribution in [0, 0.1) is 11.2 Å². The van der Waals surface area contributed by atoms with Crippen molar-refractivity contribution in [2.24, 2.45) is 5.41 Å². The van der Waals surface area contributed by atoms with E-state index in [1.165, 1.54) is 12.1 Å². The van der Waals surface area contributed by atoms with E-state index in [1.807, 2.05) is 0 Å². The van der Waals surface area contributed by atoms with Gasteiger partial charge in [0.2, 0.25) is 10.0 Å². The molecule has 0 aliphatic heterocycles. The van der Waals surface area contributed by atoms with Gasteiger partial charge < -0.3 is 5.11 Å². The number of benzene rings is 1. The number of hydrogen-bond acceptors (Lipinski definition) is 3. The average molecular weight is 324 g/mol. The third-order valence-corrected chi connectivity index (χ3v) is 4.38. The molecule has 0 radical (unpaired) electrons. The van der Waals surface area contributed by atoms with E-state index < -0.39 is 33.1 Å². The van der Waals surface area contributed by atoms with E-state index in [4.69, 9.17) is 11.6 Å². The third-order valence-electron chi connectivity index (χ3n) is 2.85. The van der Waals surface area contributed by atoms with Gasteiger partial charge in [-0.25, -0.2) is 17.5 Å². The molecule has 1 unspecified atom stereocenters. The zero-order valence-corrected chi connectivity index (χ0v) is 13.2. The Morgan fingerprint density at radius 2 is 2.00 bits per heavy atom. The predicted octanol–water partition coefficient (Wildman–Crippen LogP) is 2.31. The highest BCUT2D eigenvalue weighted by atomic mass is 35.5. The summed E-state index contributed by atoms with van der Waals surface area (Å²) in [6, 6.07) is 3.75. The Morgan fingerprint density at radius 1 is 1.40 bits per heavy atom. The maximum absolute atomic E-state index is 13.5.